The summed E-state index contributed by atoms with van der Waals surface area (Å²) in [6.45, 7) is 5.68. The molecule has 0 bridgehead atoms. The fourth-order valence-electron chi connectivity index (χ4n) is 4.55. The van der Waals surface area contributed by atoms with E-state index in [-0.39, 0.29) is 17.2 Å². The Labute approximate surface area is 198 Å². The van der Waals surface area contributed by atoms with Crippen LogP contribution in [0.1, 0.15) is 25.1 Å². The van der Waals surface area contributed by atoms with E-state index in [2.05, 4.69) is 15.2 Å². The molecular formula is C26H30N4O4. The molecule has 8 heteroatoms. The fourth-order valence-corrected chi connectivity index (χ4v) is 4.55. The Hall–Kier alpha value is -3.36. The number of carbonyl (C=O) groups is 1. The van der Waals surface area contributed by atoms with Crippen LogP contribution < -0.4 is 10.1 Å². The minimum Gasteiger partial charge on any atom is -0.511 e. The number of anilines is 1. The van der Waals surface area contributed by atoms with Crippen molar-refractivity contribution in [1.29, 1.82) is 0 Å². The summed E-state index contributed by atoms with van der Waals surface area (Å²) in [4.78, 5) is 20.0. The molecule has 0 radical (unpaired) electrons. The number of para-hydroxylation sites is 2. The highest BCUT2D eigenvalue weighted by Crippen LogP contribution is 2.30. The number of ether oxygens (including phenoxy) is 2. The number of imidazole rings is 1. The molecule has 0 atom stereocenters. The van der Waals surface area contributed by atoms with Gasteiger partial charge in [-0.2, -0.15) is 0 Å². The molecular weight excluding hydrogens is 432 g/mol. The van der Waals surface area contributed by atoms with Gasteiger partial charge in [0.1, 0.15) is 29.5 Å². The Morgan fingerprint density at radius 1 is 1.00 bits per heavy atom. The number of nitrogens with one attached hydrogen (secondary N) is 1. The average molecular weight is 463 g/mol. The average Bonchev–Trinajstić information content (AvgIpc) is 3.49. The standard InChI is InChI=1S/C26H30N4O4/c31-23-11-14-30-22-6-2-1-5-21(22)28-25(30)24(23)26(32)27-19-7-9-20(10-8-19)34-18-17-33-16-15-29-12-3-4-13-29/h1-2,5-10,31H,3-4,11-18H2,(H,27,32). The van der Waals surface area contributed by atoms with Gasteiger partial charge in [0, 0.05) is 25.2 Å². The van der Waals surface area contributed by atoms with Crippen LogP contribution in [0.5, 0.6) is 5.75 Å². The number of carbonyl (C=O) groups excluding carboxylic acids is 1. The SMILES string of the molecule is O=C(Nc1ccc(OCCOCCN2CCCC2)cc1)C1=C(O)CCn2c1nc1ccccc12. The maximum Gasteiger partial charge on any atom is 0.262 e. The third-order valence-corrected chi connectivity index (χ3v) is 6.33. The van der Waals surface area contributed by atoms with Gasteiger partial charge in [-0.3, -0.25) is 4.79 Å². The van der Waals surface area contributed by atoms with Crippen LogP contribution in [0.25, 0.3) is 16.6 Å². The van der Waals surface area contributed by atoms with Crippen LogP contribution in [0, 0.1) is 0 Å². The molecule has 0 unspecified atom stereocenters. The number of fused-ring (bicyclic) bond motifs is 3. The Morgan fingerprint density at radius 2 is 1.79 bits per heavy atom. The highest BCUT2D eigenvalue weighted by Gasteiger charge is 2.28. The Morgan fingerprint density at radius 3 is 2.62 bits per heavy atom. The van der Waals surface area contributed by atoms with Gasteiger partial charge in [0.25, 0.3) is 5.91 Å². The lowest BCUT2D eigenvalue weighted by molar-refractivity contribution is -0.111. The molecule has 178 valence electrons. The Kier molecular flexibility index (Phi) is 6.78. The number of aromatic nitrogens is 2. The van der Waals surface area contributed by atoms with Crippen LogP contribution in [-0.4, -0.2) is 64.9 Å². The number of amides is 1. The van der Waals surface area contributed by atoms with Gasteiger partial charge in [0.05, 0.1) is 24.2 Å². The molecule has 0 aliphatic carbocycles. The van der Waals surface area contributed by atoms with Crippen LogP contribution in [0.15, 0.2) is 54.3 Å². The van der Waals surface area contributed by atoms with Crippen molar-refractivity contribution in [3.63, 3.8) is 0 Å². The van der Waals surface area contributed by atoms with E-state index in [1.807, 2.05) is 41.0 Å². The third-order valence-electron chi connectivity index (χ3n) is 6.33. The zero-order valence-electron chi connectivity index (χ0n) is 19.2. The minimum atomic E-state index is -0.381. The van der Waals surface area contributed by atoms with Crippen molar-refractivity contribution in [3.05, 3.63) is 60.1 Å². The van der Waals surface area contributed by atoms with Crippen molar-refractivity contribution in [2.45, 2.75) is 25.8 Å². The van der Waals surface area contributed by atoms with E-state index >= 15 is 0 Å². The van der Waals surface area contributed by atoms with Gasteiger partial charge in [0.15, 0.2) is 0 Å². The predicted octanol–water partition coefficient (Wildman–Crippen LogP) is 3.84. The number of nitrogens with zero attached hydrogens (tertiary/aromatic N) is 3. The molecule has 0 spiro atoms. The van der Waals surface area contributed by atoms with E-state index in [9.17, 15) is 9.90 Å². The predicted molar refractivity (Wildman–Crippen MR) is 131 cm³/mol. The Balaban J connectivity index is 1.14. The molecule has 2 aromatic carbocycles. The van der Waals surface area contributed by atoms with Crippen LogP contribution >= 0.6 is 0 Å². The van der Waals surface area contributed by atoms with Crippen LogP contribution in [-0.2, 0) is 16.1 Å². The molecule has 1 aromatic heterocycles. The highest BCUT2D eigenvalue weighted by molar-refractivity contribution is 6.25. The Bertz CT molecular complexity index is 1180. The fraction of sp³-hybridized carbons (Fsp3) is 0.385. The summed E-state index contributed by atoms with van der Waals surface area (Å²) in [7, 11) is 0. The van der Waals surface area contributed by atoms with Crippen molar-refractivity contribution in [1.82, 2.24) is 14.5 Å². The van der Waals surface area contributed by atoms with Crippen LogP contribution in [0.4, 0.5) is 5.69 Å². The largest absolute Gasteiger partial charge is 0.511 e. The van der Waals surface area contributed by atoms with Crippen molar-refractivity contribution in [2.24, 2.45) is 0 Å². The van der Waals surface area contributed by atoms with Gasteiger partial charge in [-0.1, -0.05) is 12.1 Å². The monoisotopic (exact) mass is 462 g/mol. The number of aryl methyl sites for hydroxylation is 1. The van der Waals surface area contributed by atoms with Gasteiger partial charge in [-0.25, -0.2) is 4.98 Å². The number of allylic oxidation sites excluding steroid dienone is 1. The van der Waals surface area contributed by atoms with Crippen molar-refractivity contribution < 1.29 is 19.4 Å². The summed E-state index contributed by atoms with van der Waals surface area (Å²) in [5.41, 5.74) is 2.59. The molecule has 3 aromatic rings. The summed E-state index contributed by atoms with van der Waals surface area (Å²) in [6, 6.07) is 14.9. The van der Waals surface area contributed by atoms with E-state index in [1.165, 1.54) is 25.9 Å². The molecule has 5 rings (SSSR count). The normalized spacial score (nSPS) is 16.1. The first-order valence-electron chi connectivity index (χ1n) is 11.9. The van der Waals surface area contributed by atoms with E-state index in [0.29, 0.717) is 43.4 Å². The zero-order valence-corrected chi connectivity index (χ0v) is 19.2. The molecule has 3 heterocycles. The second-order valence-electron chi connectivity index (χ2n) is 8.64. The maximum atomic E-state index is 13.0. The van der Waals surface area contributed by atoms with E-state index < -0.39 is 0 Å². The number of aliphatic hydroxyl groups excluding tert-OH is 1. The minimum absolute atomic E-state index is 0.0602. The van der Waals surface area contributed by atoms with Crippen LogP contribution in [0.3, 0.4) is 0 Å². The van der Waals surface area contributed by atoms with Crippen molar-refractivity contribution in [2.75, 3.05) is 44.8 Å². The first-order valence-corrected chi connectivity index (χ1v) is 11.9. The summed E-state index contributed by atoms with van der Waals surface area (Å²) in [5.74, 6) is 0.883. The molecule has 0 saturated carbocycles. The smallest absolute Gasteiger partial charge is 0.262 e. The molecule has 2 aliphatic rings. The first-order chi connectivity index (χ1) is 16.7. The van der Waals surface area contributed by atoms with Crippen molar-refractivity contribution in [3.8, 4) is 5.75 Å². The lowest BCUT2D eigenvalue weighted by atomic mass is 10.1. The highest BCUT2D eigenvalue weighted by atomic mass is 16.5. The maximum absolute atomic E-state index is 13.0. The number of rotatable bonds is 9. The second kappa shape index (κ2) is 10.3. The number of aliphatic hydroxyl groups is 1. The van der Waals surface area contributed by atoms with Crippen LogP contribution in [0.2, 0.25) is 0 Å². The molecule has 34 heavy (non-hydrogen) atoms. The summed E-state index contributed by atoms with van der Waals surface area (Å²) in [6.07, 6.45) is 2.97. The third kappa shape index (κ3) is 4.93. The van der Waals surface area contributed by atoms with E-state index in [0.717, 1.165) is 24.2 Å². The molecule has 1 fully saturated rings. The molecule has 2 N–H and O–H groups in total. The molecule has 1 amide bonds. The van der Waals surface area contributed by atoms with Gasteiger partial charge in [0.2, 0.25) is 0 Å². The van der Waals surface area contributed by atoms with Gasteiger partial charge < -0.3 is 29.4 Å². The summed E-state index contributed by atoms with van der Waals surface area (Å²) < 4.78 is 13.4. The first kappa shape index (κ1) is 22.4. The summed E-state index contributed by atoms with van der Waals surface area (Å²) >= 11 is 0. The molecule has 2 aliphatic heterocycles. The topological polar surface area (TPSA) is 88.9 Å². The van der Waals surface area contributed by atoms with Crippen molar-refractivity contribution >= 4 is 28.2 Å². The molecule has 1 saturated heterocycles. The molecule has 8 nitrogen and oxygen atoms in total. The van der Waals surface area contributed by atoms with Gasteiger partial charge in [-0.05, 0) is 62.3 Å². The second-order valence-corrected chi connectivity index (χ2v) is 8.64. The number of likely N-dealkylation sites (tertiary alicyclic amines) is 1. The summed E-state index contributed by atoms with van der Waals surface area (Å²) in [5, 5.41) is 13.4. The lowest BCUT2D eigenvalue weighted by Gasteiger charge is -2.18. The zero-order chi connectivity index (χ0) is 23.3. The van der Waals surface area contributed by atoms with E-state index in [4.69, 9.17) is 9.47 Å². The lowest BCUT2D eigenvalue weighted by Crippen LogP contribution is -2.24. The number of hydrogen-bond acceptors (Lipinski definition) is 6. The van der Waals surface area contributed by atoms with E-state index in [1.54, 1.807) is 12.1 Å². The van der Waals surface area contributed by atoms with Gasteiger partial charge in [-0.15, -0.1) is 0 Å². The number of benzene rings is 2. The van der Waals surface area contributed by atoms with Gasteiger partial charge >= 0.3 is 0 Å². The number of hydrogen-bond donors (Lipinski definition) is 2. The quantitative estimate of drug-likeness (QED) is 0.470.